The van der Waals surface area contributed by atoms with E-state index >= 15 is 0 Å². The van der Waals surface area contributed by atoms with Gasteiger partial charge in [-0.15, -0.1) is 11.6 Å². The first-order valence-corrected chi connectivity index (χ1v) is 8.90. The Labute approximate surface area is 143 Å². The number of halogens is 1. The molecular formula is C19H24ClNO2. The number of carbonyl (C=O) groups is 1. The Morgan fingerprint density at radius 3 is 2.78 bits per heavy atom. The number of hydrogen-bond donors (Lipinski definition) is 0. The Bertz CT molecular complexity index is 573. The van der Waals surface area contributed by atoms with E-state index in [9.17, 15) is 10.1 Å². The van der Waals surface area contributed by atoms with Gasteiger partial charge in [0.2, 0.25) is 0 Å². The summed E-state index contributed by atoms with van der Waals surface area (Å²) < 4.78 is 4.92. The van der Waals surface area contributed by atoms with Crippen molar-refractivity contribution in [2.45, 2.75) is 63.2 Å². The third kappa shape index (κ3) is 5.25. The Morgan fingerprint density at radius 2 is 2.13 bits per heavy atom. The Hall–Kier alpha value is -1.53. The van der Waals surface area contributed by atoms with Crippen molar-refractivity contribution in [2.75, 3.05) is 6.61 Å². The van der Waals surface area contributed by atoms with Gasteiger partial charge in [-0.3, -0.25) is 4.79 Å². The summed E-state index contributed by atoms with van der Waals surface area (Å²) in [4.78, 5) is 11.5. The van der Waals surface area contributed by atoms with E-state index < -0.39 is 0 Å². The molecule has 1 aliphatic carbocycles. The second-order valence-corrected chi connectivity index (χ2v) is 6.80. The predicted octanol–water partition coefficient (Wildman–Crippen LogP) is 4.71. The molecule has 2 rings (SSSR count). The maximum atomic E-state index is 11.5. The summed E-state index contributed by atoms with van der Waals surface area (Å²) in [6, 6.07) is 8.40. The molecule has 0 radical (unpaired) electrons. The number of esters is 1. The van der Waals surface area contributed by atoms with Gasteiger partial charge >= 0.3 is 5.97 Å². The summed E-state index contributed by atoms with van der Waals surface area (Å²) in [7, 11) is 0. The van der Waals surface area contributed by atoms with Crippen molar-refractivity contribution in [3.05, 3.63) is 34.9 Å². The van der Waals surface area contributed by atoms with Gasteiger partial charge in [-0.25, -0.2) is 0 Å². The van der Waals surface area contributed by atoms with E-state index in [1.165, 1.54) is 37.7 Å². The summed E-state index contributed by atoms with van der Waals surface area (Å²) in [6.07, 6.45) is 6.92. The highest BCUT2D eigenvalue weighted by Gasteiger charge is 2.19. The van der Waals surface area contributed by atoms with Crippen LogP contribution in [0.4, 0.5) is 0 Å². The molecule has 4 heteroatoms. The van der Waals surface area contributed by atoms with Crippen LogP contribution in [-0.2, 0) is 16.0 Å². The minimum Gasteiger partial charge on any atom is -0.466 e. The molecule has 0 saturated heterocycles. The van der Waals surface area contributed by atoms with E-state index in [0.29, 0.717) is 18.9 Å². The lowest BCUT2D eigenvalue weighted by Crippen LogP contribution is -2.14. The fourth-order valence-corrected chi connectivity index (χ4v) is 3.63. The molecule has 1 unspecified atom stereocenters. The molecule has 1 atom stereocenters. The normalized spacial score (nSPS) is 16.6. The maximum Gasteiger partial charge on any atom is 0.307 e. The van der Waals surface area contributed by atoms with Crippen molar-refractivity contribution in [1.29, 1.82) is 5.26 Å². The zero-order valence-electron chi connectivity index (χ0n) is 13.7. The molecule has 3 nitrogen and oxygen atoms in total. The summed E-state index contributed by atoms with van der Waals surface area (Å²) in [5, 5.41) is 9.16. The molecule has 1 aliphatic rings. The number of carbonyl (C=O) groups excluding carboxylic acids is 1. The number of nitriles is 1. The van der Waals surface area contributed by atoms with Crippen molar-refractivity contribution in [2.24, 2.45) is 0 Å². The number of nitrogens with zero attached hydrogens (tertiary/aromatic N) is 1. The molecule has 23 heavy (non-hydrogen) atoms. The molecule has 1 fully saturated rings. The molecule has 0 aliphatic heterocycles. The summed E-state index contributed by atoms with van der Waals surface area (Å²) in [5.41, 5.74) is 2.94. The van der Waals surface area contributed by atoms with E-state index in [1.807, 2.05) is 12.1 Å². The lowest BCUT2D eigenvalue weighted by atomic mass is 9.81. The maximum absolute atomic E-state index is 11.5. The summed E-state index contributed by atoms with van der Waals surface area (Å²) >= 11 is 6.25. The van der Waals surface area contributed by atoms with Crippen LogP contribution in [0.15, 0.2) is 18.2 Å². The Balaban J connectivity index is 2.03. The molecule has 0 N–H and O–H groups in total. The van der Waals surface area contributed by atoms with E-state index in [1.54, 1.807) is 6.92 Å². The number of ether oxygens (including phenoxy) is 1. The average molecular weight is 334 g/mol. The van der Waals surface area contributed by atoms with Gasteiger partial charge in [0, 0.05) is 5.38 Å². The Kier molecular flexibility index (Phi) is 6.92. The largest absolute Gasteiger partial charge is 0.466 e. The van der Waals surface area contributed by atoms with Crippen LogP contribution >= 0.6 is 11.6 Å². The molecule has 0 amide bonds. The van der Waals surface area contributed by atoms with Gasteiger partial charge in [0.05, 0.1) is 24.7 Å². The third-order valence-corrected chi connectivity index (χ3v) is 4.74. The molecule has 0 spiro atoms. The van der Waals surface area contributed by atoms with Crippen LogP contribution in [-0.4, -0.2) is 18.0 Å². The molecule has 0 bridgehead atoms. The van der Waals surface area contributed by atoms with Crippen LogP contribution in [0.5, 0.6) is 0 Å². The lowest BCUT2D eigenvalue weighted by molar-refractivity contribution is -0.143. The van der Waals surface area contributed by atoms with Gasteiger partial charge in [-0.2, -0.15) is 5.26 Å². The quantitative estimate of drug-likeness (QED) is 0.559. The highest BCUT2D eigenvalue weighted by Crippen LogP contribution is 2.34. The van der Waals surface area contributed by atoms with E-state index in [0.717, 1.165) is 11.1 Å². The SMILES string of the molecule is CCOC(=O)CC(Cl)Cc1ccc(C2CCCCC2)c(C#N)c1. The van der Waals surface area contributed by atoms with Crippen molar-refractivity contribution in [3.63, 3.8) is 0 Å². The highest BCUT2D eigenvalue weighted by atomic mass is 35.5. The number of benzene rings is 1. The van der Waals surface area contributed by atoms with Gasteiger partial charge in [-0.1, -0.05) is 31.4 Å². The van der Waals surface area contributed by atoms with Crippen molar-refractivity contribution < 1.29 is 9.53 Å². The van der Waals surface area contributed by atoms with E-state index in [-0.39, 0.29) is 17.8 Å². The second kappa shape index (κ2) is 8.93. The Morgan fingerprint density at radius 1 is 1.39 bits per heavy atom. The van der Waals surface area contributed by atoms with Crippen molar-refractivity contribution >= 4 is 17.6 Å². The van der Waals surface area contributed by atoms with Crippen LogP contribution in [0.25, 0.3) is 0 Å². The second-order valence-electron chi connectivity index (χ2n) is 6.18. The smallest absolute Gasteiger partial charge is 0.307 e. The van der Waals surface area contributed by atoms with Gasteiger partial charge in [-0.05, 0) is 49.3 Å². The average Bonchev–Trinajstić information content (AvgIpc) is 2.55. The van der Waals surface area contributed by atoms with Crippen LogP contribution < -0.4 is 0 Å². The van der Waals surface area contributed by atoms with Crippen LogP contribution in [0.3, 0.4) is 0 Å². The molecular weight excluding hydrogens is 310 g/mol. The van der Waals surface area contributed by atoms with Crippen LogP contribution in [0.1, 0.15) is 68.1 Å². The molecule has 1 aromatic rings. The first kappa shape index (κ1) is 17.8. The van der Waals surface area contributed by atoms with E-state index in [2.05, 4.69) is 12.1 Å². The van der Waals surface area contributed by atoms with Crippen LogP contribution in [0, 0.1) is 11.3 Å². The highest BCUT2D eigenvalue weighted by molar-refractivity contribution is 6.21. The fourth-order valence-electron chi connectivity index (χ4n) is 3.33. The lowest BCUT2D eigenvalue weighted by Gasteiger charge is -2.23. The first-order valence-electron chi connectivity index (χ1n) is 8.46. The fraction of sp³-hybridized carbons (Fsp3) is 0.579. The number of rotatable bonds is 6. The standard InChI is InChI=1S/C19H24ClNO2/c1-2-23-19(22)12-17(20)11-14-8-9-18(16(10-14)13-21)15-6-4-3-5-7-15/h8-10,15,17H,2-7,11-12H2,1H3. The molecule has 0 heterocycles. The minimum absolute atomic E-state index is 0.196. The number of hydrogen-bond acceptors (Lipinski definition) is 3. The predicted molar refractivity (Wildman–Crippen MR) is 91.6 cm³/mol. The van der Waals surface area contributed by atoms with Crippen molar-refractivity contribution in [1.82, 2.24) is 0 Å². The van der Waals surface area contributed by atoms with Gasteiger partial charge in [0.15, 0.2) is 0 Å². The minimum atomic E-state index is -0.305. The summed E-state index contributed by atoms with van der Waals surface area (Å²) in [6.45, 7) is 2.15. The zero-order valence-corrected chi connectivity index (χ0v) is 14.4. The van der Waals surface area contributed by atoms with Gasteiger partial charge in [0.25, 0.3) is 0 Å². The first-order chi connectivity index (χ1) is 11.1. The van der Waals surface area contributed by atoms with E-state index in [4.69, 9.17) is 16.3 Å². The number of alkyl halides is 1. The van der Waals surface area contributed by atoms with Crippen molar-refractivity contribution in [3.8, 4) is 6.07 Å². The van der Waals surface area contributed by atoms with Crippen LogP contribution in [0.2, 0.25) is 0 Å². The molecule has 1 saturated carbocycles. The molecule has 1 aromatic carbocycles. The third-order valence-electron chi connectivity index (χ3n) is 4.43. The topological polar surface area (TPSA) is 50.1 Å². The molecule has 0 aromatic heterocycles. The monoisotopic (exact) mass is 333 g/mol. The summed E-state index contributed by atoms with van der Waals surface area (Å²) in [5.74, 6) is 0.241. The van der Waals surface area contributed by atoms with Gasteiger partial charge < -0.3 is 4.74 Å². The molecule has 124 valence electrons. The zero-order chi connectivity index (χ0) is 16.7. The van der Waals surface area contributed by atoms with Gasteiger partial charge in [0.1, 0.15) is 0 Å².